The summed E-state index contributed by atoms with van der Waals surface area (Å²) in [5.74, 6) is 2.04. The molecule has 0 radical (unpaired) electrons. The molecular formula is C28H19N5. The Balaban J connectivity index is 1.39. The molecule has 0 aliphatic heterocycles. The van der Waals surface area contributed by atoms with Crippen molar-refractivity contribution in [1.29, 1.82) is 0 Å². The molecule has 5 nitrogen and oxygen atoms in total. The minimum Gasteiger partial charge on any atom is -0.237 e. The summed E-state index contributed by atoms with van der Waals surface area (Å²) in [6.45, 7) is 1.90. The first kappa shape index (κ1) is 19.2. The molecule has 33 heavy (non-hydrogen) atoms. The van der Waals surface area contributed by atoms with E-state index in [1.54, 1.807) is 12.4 Å². The Morgan fingerprint density at radius 1 is 0.545 bits per heavy atom. The van der Waals surface area contributed by atoms with E-state index < -0.39 is 0 Å². The lowest BCUT2D eigenvalue weighted by Crippen LogP contribution is -1.99. The molecule has 0 amide bonds. The fourth-order valence-corrected chi connectivity index (χ4v) is 4.10. The van der Waals surface area contributed by atoms with Crippen LogP contribution in [0.5, 0.6) is 0 Å². The maximum Gasteiger partial charge on any atom is 0.163 e. The molecule has 0 aliphatic carbocycles. The van der Waals surface area contributed by atoms with Crippen molar-refractivity contribution in [3.8, 4) is 33.9 Å². The van der Waals surface area contributed by atoms with E-state index in [-0.39, 0.29) is 0 Å². The van der Waals surface area contributed by atoms with Crippen LogP contribution in [-0.2, 0) is 0 Å². The molecule has 3 aromatic heterocycles. The Kier molecular flexibility index (Phi) is 4.58. The number of aryl methyl sites for hydroxylation is 1. The van der Waals surface area contributed by atoms with Crippen LogP contribution in [0.2, 0.25) is 0 Å². The van der Waals surface area contributed by atoms with Crippen LogP contribution in [-0.4, -0.2) is 24.9 Å². The van der Waals surface area contributed by atoms with Crippen molar-refractivity contribution < 1.29 is 0 Å². The molecule has 3 heterocycles. The second-order valence-electron chi connectivity index (χ2n) is 7.90. The third-order valence-corrected chi connectivity index (χ3v) is 5.72. The van der Waals surface area contributed by atoms with Gasteiger partial charge in [-0.2, -0.15) is 0 Å². The Hall–Kier alpha value is -4.51. The second kappa shape index (κ2) is 7.88. The van der Waals surface area contributed by atoms with Crippen LogP contribution in [0.3, 0.4) is 0 Å². The van der Waals surface area contributed by atoms with E-state index in [0.717, 1.165) is 38.7 Å². The molecule has 6 rings (SSSR count). The van der Waals surface area contributed by atoms with Gasteiger partial charge in [0.05, 0.1) is 0 Å². The predicted octanol–water partition coefficient (Wildman–Crippen LogP) is 6.28. The van der Waals surface area contributed by atoms with Crippen molar-refractivity contribution in [1.82, 2.24) is 24.9 Å². The summed E-state index contributed by atoms with van der Waals surface area (Å²) in [5, 5.41) is 3.39. The lowest BCUT2D eigenvalue weighted by atomic mass is 10.0. The van der Waals surface area contributed by atoms with Gasteiger partial charge in [0.25, 0.3) is 0 Å². The largest absolute Gasteiger partial charge is 0.237 e. The van der Waals surface area contributed by atoms with Gasteiger partial charge >= 0.3 is 0 Å². The number of nitrogens with zero attached hydrogens (tertiary/aromatic N) is 5. The molecule has 6 aromatic rings. The molecule has 0 saturated carbocycles. The van der Waals surface area contributed by atoms with Crippen LogP contribution in [0.4, 0.5) is 0 Å². The van der Waals surface area contributed by atoms with Crippen LogP contribution in [0.15, 0.2) is 97.3 Å². The maximum absolute atomic E-state index is 4.79. The van der Waals surface area contributed by atoms with Crippen molar-refractivity contribution in [3.05, 3.63) is 103 Å². The van der Waals surface area contributed by atoms with E-state index in [1.165, 1.54) is 5.39 Å². The molecule has 0 atom stereocenters. The molecular weight excluding hydrogens is 406 g/mol. The highest BCUT2D eigenvalue weighted by Crippen LogP contribution is 2.29. The number of benzene rings is 3. The van der Waals surface area contributed by atoms with Crippen molar-refractivity contribution in [2.24, 2.45) is 0 Å². The van der Waals surface area contributed by atoms with Gasteiger partial charge in [-0.05, 0) is 53.1 Å². The molecule has 0 saturated heterocycles. The first-order valence-corrected chi connectivity index (χ1v) is 10.8. The van der Waals surface area contributed by atoms with Crippen molar-refractivity contribution >= 4 is 21.8 Å². The summed E-state index contributed by atoms with van der Waals surface area (Å²) in [6.07, 6.45) is 3.56. The summed E-state index contributed by atoms with van der Waals surface area (Å²) >= 11 is 0. The molecule has 0 aliphatic rings. The highest BCUT2D eigenvalue weighted by atomic mass is 15.0. The third kappa shape index (κ3) is 3.59. The zero-order chi connectivity index (χ0) is 22.2. The van der Waals surface area contributed by atoms with Crippen LogP contribution in [0.25, 0.3) is 55.7 Å². The highest BCUT2D eigenvalue weighted by molar-refractivity contribution is 5.92. The normalized spacial score (nSPS) is 11.2. The summed E-state index contributed by atoms with van der Waals surface area (Å²) in [6, 6.07) is 28.9. The summed E-state index contributed by atoms with van der Waals surface area (Å²) in [4.78, 5) is 22.7. The molecule has 0 spiro atoms. The minimum atomic E-state index is 0.665. The Morgan fingerprint density at radius 3 is 2.09 bits per heavy atom. The fraction of sp³-hybridized carbons (Fsp3) is 0.0357. The Bertz CT molecular complexity index is 1620. The zero-order valence-electron chi connectivity index (χ0n) is 18.0. The molecule has 0 N–H and O–H groups in total. The maximum atomic E-state index is 4.79. The second-order valence-corrected chi connectivity index (χ2v) is 7.90. The number of pyridine rings is 2. The molecule has 0 unspecified atom stereocenters. The van der Waals surface area contributed by atoms with Gasteiger partial charge in [0.15, 0.2) is 17.3 Å². The van der Waals surface area contributed by atoms with E-state index in [2.05, 4.69) is 74.5 Å². The SMILES string of the molecule is Cc1nc(-c2ccc(-c3ccnc4ncccc34)cc2)nc(-c2ccc3ccccc3c2)n1. The molecule has 0 bridgehead atoms. The minimum absolute atomic E-state index is 0.665. The number of fused-ring (bicyclic) bond motifs is 2. The molecule has 0 fully saturated rings. The smallest absolute Gasteiger partial charge is 0.163 e. The average Bonchev–Trinajstić information content (AvgIpc) is 2.88. The fourth-order valence-electron chi connectivity index (χ4n) is 4.10. The molecule has 156 valence electrons. The molecule has 5 heteroatoms. The van der Waals surface area contributed by atoms with E-state index in [9.17, 15) is 0 Å². The topological polar surface area (TPSA) is 64.5 Å². The third-order valence-electron chi connectivity index (χ3n) is 5.72. The molecule has 3 aromatic carbocycles. The summed E-state index contributed by atoms with van der Waals surface area (Å²) < 4.78 is 0. The van der Waals surface area contributed by atoms with Gasteiger partial charge in [-0.3, -0.25) is 0 Å². The zero-order valence-corrected chi connectivity index (χ0v) is 18.0. The van der Waals surface area contributed by atoms with Crippen LogP contribution in [0, 0.1) is 6.92 Å². The lowest BCUT2D eigenvalue weighted by molar-refractivity contribution is 0.992. The first-order valence-electron chi connectivity index (χ1n) is 10.8. The lowest BCUT2D eigenvalue weighted by Gasteiger charge is -2.09. The average molecular weight is 425 g/mol. The van der Waals surface area contributed by atoms with Gasteiger partial charge in [-0.25, -0.2) is 24.9 Å². The van der Waals surface area contributed by atoms with E-state index in [0.29, 0.717) is 17.5 Å². The number of hydrogen-bond acceptors (Lipinski definition) is 5. The predicted molar refractivity (Wildman–Crippen MR) is 131 cm³/mol. The van der Waals surface area contributed by atoms with Gasteiger partial charge in [0.1, 0.15) is 5.82 Å². The number of hydrogen-bond donors (Lipinski definition) is 0. The number of aromatic nitrogens is 5. The van der Waals surface area contributed by atoms with Gasteiger partial charge in [-0.15, -0.1) is 0 Å². The Morgan fingerprint density at radius 2 is 1.24 bits per heavy atom. The van der Waals surface area contributed by atoms with Gasteiger partial charge in [-0.1, -0.05) is 60.7 Å². The summed E-state index contributed by atoms with van der Waals surface area (Å²) in [7, 11) is 0. The van der Waals surface area contributed by atoms with Crippen LogP contribution >= 0.6 is 0 Å². The Labute approximate surface area is 190 Å². The van der Waals surface area contributed by atoms with E-state index in [1.807, 2.05) is 37.3 Å². The quantitative estimate of drug-likeness (QED) is 0.334. The number of rotatable bonds is 3. The monoisotopic (exact) mass is 425 g/mol. The van der Waals surface area contributed by atoms with Crippen LogP contribution in [0.1, 0.15) is 5.82 Å². The van der Waals surface area contributed by atoms with Gasteiger partial charge < -0.3 is 0 Å². The standard InChI is InChI=1S/C28H19N5/c1-18-31-26(33-27(32-18)23-13-8-19-5-2-3-6-22(19)17-23)21-11-9-20(10-12-21)24-14-16-30-28-25(24)7-4-15-29-28/h2-17H,1H3. The van der Waals surface area contributed by atoms with Crippen molar-refractivity contribution in [2.45, 2.75) is 6.92 Å². The van der Waals surface area contributed by atoms with Gasteiger partial charge in [0.2, 0.25) is 0 Å². The van der Waals surface area contributed by atoms with Crippen molar-refractivity contribution in [2.75, 3.05) is 0 Å². The first-order chi connectivity index (χ1) is 16.2. The van der Waals surface area contributed by atoms with Gasteiger partial charge in [0, 0.05) is 28.9 Å². The van der Waals surface area contributed by atoms with Crippen molar-refractivity contribution in [3.63, 3.8) is 0 Å². The summed E-state index contributed by atoms with van der Waals surface area (Å²) in [5.41, 5.74) is 4.87. The highest BCUT2D eigenvalue weighted by Gasteiger charge is 2.11. The van der Waals surface area contributed by atoms with E-state index >= 15 is 0 Å². The van der Waals surface area contributed by atoms with Crippen LogP contribution < -0.4 is 0 Å². The van der Waals surface area contributed by atoms with E-state index in [4.69, 9.17) is 4.98 Å².